The number of ether oxygens (including phenoxy) is 1. The van der Waals surface area contributed by atoms with Gasteiger partial charge in [0.15, 0.2) is 0 Å². The molecule has 1 unspecified atom stereocenters. The van der Waals surface area contributed by atoms with Gasteiger partial charge < -0.3 is 9.64 Å². The Morgan fingerprint density at radius 2 is 2.00 bits per heavy atom. The molecule has 1 heterocycles. The minimum Gasteiger partial charge on any atom is -0.491 e. The van der Waals surface area contributed by atoms with Crippen molar-refractivity contribution in [1.29, 1.82) is 5.41 Å². The Bertz CT molecular complexity index is 666. The lowest BCUT2D eigenvalue weighted by Gasteiger charge is -2.20. The van der Waals surface area contributed by atoms with E-state index in [0.29, 0.717) is 5.84 Å². The summed E-state index contributed by atoms with van der Waals surface area (Å²) in [6.45, 7) is 4.93. The molecule has 1 N–H and O–H groups in total. The summed E-state index contributed by atoms with van der Waals surface area (Å²) in [5.74, 6) is 1.43. The summed E-state index contributed by atoms with van der Waals surface area (Å²) in [4.78, 5) is 2.02. The topological polar surface area (TPSA) is 36.3 Å². The van der Waals surface area contributed by atoms with Crippen molar-refractivity contribution in [3.8, 4) is 5.75 Å². The quantitative estimate of drug-likeness (QED) is 0.910. The van der Waals surface area contributed by atoms with Gasteiger partial charge in [-0.05, 0) is 31.0 Å². The standard InChI is InChI=1S/C18H20N2O/c1-3-13(2)21-16-9-6-8-15(11-16)20-12-14-7-4-5-10-17(14)18(20)19/h4-11,13,19H,3,12H2,1-2H3. The van der Waals surface area contributed by atoms with Crippen LogP contribution in [0.15, 0.2) is 48.5 Å². The molecule has 0 saturated heterocycles. The summed E-state index contributed by atoms with van der Waals surface area (Å²) < 4.78 is 5.88. The van der Waals surface area contributed by atoms with E-state index in [2.05, 4.69) is 19.9 Å². The predicted octanol–water partition coefficient (Wildman–Crippen LogP) is 4.21. The van der Waals surface area contributed by atoms with Crippen LogP contribution in [0.5, 0.6) is 5.75 Å². The van der Waals surface area contributed by atoms with E-state index in [1.54, 1.807) is 0 Å². The van der Waals surface area contributed by atoms with Gasteiger partial charge in [-0.3, -0.25) is 5.41 Å². The third-order valence-electron chi connectivity index (χ3n) is 3.91. The van der Waals surface area contributed by atoms with Gasteiger partial charge in [-0.2, -0.15) is 0 Å². The zero-order chi connectivity index (χ0) is 14.8. The maximum atomic E-state index is 8.36. The summed E-state index contributed by atoms with van der Waals surface area (Å²) in [5, 5.41) is 8.36. The Morgan fingerprint density at radius 1 is 1.19 bits per heavy atom. The molecule has 3 heteroatoms. The fourth-order valence-electron chi connectivity index (χ4n) is 2.54. The molecule has 3 nitrogen and oxygen atoms in total. The van der Waals surface area contributed by atoms with E-state index >= 15 is 0 Å². The molecule has 21 heavy (non-hydrogen) atoms. The molecule has 0 aromatic heterocycles. The molecule has 1 atom stereocenters. The maximum Gasteiger partial charge on any atom is 0.133 e. The fraction of sp³-hybridized carbons (Fsp3) is 0.278. The van der Waals surface area contributed by atoms with Gasteiger partial charge in [0.1, 0.15) is 11.6 Å². The van der Waals surface area contributed by atoms with Gasteiger partial charge in [-0.15, -0.1) is 0 Å². The minimum atomic E-state index is 0.204. The van der Waals surface area contributed by atoms with Gasteiger partial charge in [0.05, 0.1) is 12.6 Å². The van der Waals surface area contributed by atoms with E-state index in [-0.39, 0.29) is 6.10 Å². The summed E-state index contributed by atoms with van der Waals surface area (Å²) >= 11 is 0. The van der Waals surface area contributed by atoms with E-state index in [0.717, 1.165) is 30.0 Å². The molecule has 0 saturated carbocycles. The van der Waals surface area contributed by atoms with Crippen LogP contribution in [-0.2, 0) is 6.54 Å². The van der Waals surface area contributed by atoms with E-state index in [1.165, 1.54) is 5.56 Å². The lowest BCUT2D eigenvalue weighted by molar-refractivity contribution is 0.217. The number of fused-ring (bicyclic) bond motifs is 1. The Labute approximate surface area is 125 Å². The molecule has 2 aromatic carbocycles. The summed E-state index contributed by atoms with van der Waals surface area (Å²) in [6, 6.07) is 16.1. The first-order valence-corrected chi connectivity index (χ1v) is 7.40. The van der Waals surface area contributed by atoms with Crippen molar-refractivity contribution in [2.45, 2.75) is 32.9 Å². The Morgan fingerprint density at radius 3 is 2.76 bits per heavy atom. The highest BCUT2D eigenvalue weighted by molar-refractivity contribution is 6.11. The zero-order valence-corrected chi connectivity index (χ0v) is 12.5. The second-order valence-electron chi connectivity index (χ2n) is 5.43. The van der Waals surface area contributed by atoms with Gasteiger partial charge in [0.25, 0.3) is 0 Å². The predicted molar refractivity (Wildman–Crippen MR) is 86.3 cm³/mol. The molecule has 0 amide bonds. The Balaban J connectivity index is 1.86. The zero-order valence-electron chi connectivity index (χ0n) is 12.5. The summed E-state index contributed by atoms with van der Waals surface area (Å²) in [6.07, 6.45) is 1.19. The van der Waals surface area contributed by atoms with Crippen molar-refractivity contribution in [1.82, 2.24) is 0 Å². The normalized spacial score (nSPS) is 15.0. The molecule has 0 spiro atoms. The first-order chi connectivity index (χ1) is 10.2. The smallest absolute Gasteiger partial charge is 0.133 e. The van der Waals surface area contributed by atoms with Crippen molar-refractivity contribution < 1.29 is 4.74 Å². The average Bonchev–Trinajstić information content (AvgIpc) is 2.85. The van der Waals surface area contributed by atoms with Crippen LogP contribution in [-0.4, -0.2) is 11.9 Å². The van der Waals surface area contributed by atoms with Crippen LogP contribution in [0.25, 0.3) is 0 Å². The number of anilines is 1. The van der Waals surface area contributed by atoms with Crippen molar-refractivity contribution >= 4 is 11.5 Å². The monoisotopic (exact) mass is 280 g/mol. The van der Waals surface area contributed by atoms with Crippen LogP contribution in [0.3, 0.4) is 0 Å². The number of nitrogens with zero attached hydrogens (tertiary/aromatic N) is 1. The molecular weight excluding hydrogens is 260 g/mol. The van der Waals surface area contributed by atoms with Crippen LogP contribution >= 0.6 is 0 Å². The third-order valence-corrected chi connectivity index (χ3v) is 3.91. The Kier molecular flexibility index (Phi) is 3.65. The van der Waals surface area contributed by atoms with E-state index in [9.17, 15) is 0 Å². The molecule has 108 valence electrons. The minimum absolute atomic E-state index is 0.204. The molecule has 2 aromatic rings. The van der Waals surface area contributed by atoms with Gasteiger partial charge in [-0.1, -0.05) is 37.3 Å². The molecular formula is C18H20N2O. The lowest BCUT2D eigenvalue weighted by atomic mass is 10.1. The fourth-order valence-corrected chi connectivity index (χ4v) is 2.54. The molecule has 1 aliphatic rings. The van der Waals surface area contributed by atoms with Crippen LogP contribution in [0.1, 0.15) is 31.4 Å². The average molecular weight is 280 g/mol. The van der Waals surface area contributed by atoms with Crippen LogP contribution in [0, 0.1) is 5.41 Å². The molecule has 0 bridgehead atoms. The second kappa shape index (κ2) is 5.60. The summed E-state index contributed by atoms with van der Waals surface area (Å²) in [5.41, 5.74) is 3.23. The van der Waals surface area contributed by atoms with Crippen molar-refractivity contribution in [2.24, 2.45) is 0 Å². The number of rotatable bonds is 4. The lowest BCUT2D eigenvalue weighted by Crippen LogP contribution is -2.23. The van der Waals surface area contributed by atoms with E-state index in [4.69, 9.17) is 10.1 Å². The maximum absolute atomic E-state index is 8.36. The number of benzene rings is 2. The van der Waals surface area contributed by atoms with Gasteiger partial charge in [-0.25, -0.2) is 0 Å². The second-order valence-corrected chi connectivity index (χ2v) is 5.43. The van der Waals surface area contributed by atoms with Crippen molar-refractivity contribution in [2.75, 3.05) is 4.90 Å². The van der Waals surface area contributed by atoms with Crippen molar-refractivity contribution in [3.05, 3.63) is 59.7 Å². The van der Waals surface area contributed by atoms with Crippen molar-refractivity contribution in [3.63, 3.8) is 0 Å². The number of hydrogen-bond donors (Lipinski definition) is 1. The number of hydrogen-bond acceptors (Lipinski definition) is 2. The molecule has 0 fully saturated rings. The molecule has 0 aliphatic carbocycles. The van der Waals surface area contributed by atoms with Crippen LogP contribution in [0.2, 0.25) is 0 Å². The van der Waals surface area contributed by atoms with Gasteiger partial charge in [0, 0.05) is 17.3 Å². The Hall–Kier alpha value is -2.29. The highest BCUT2D eigenvalue weighted by Crippen LogP contribution is 2.30. The largest absolute Gasteiger partial charge is 0.491 e. The first-order valence-electron chi connectivity index (χ1n) is 7.40. The van der Waals surface area contributed by atoms with Crippen LogP contribution < -0.4 is 9.64 Å². The van der Waals surface area contributed by atoms with Gasteiger partial charge >= 0.3 is 0 Å². The molecule has 0 radical (unpaired) electrons. The van der Waals surface area contributed by atoms with Gasteiger partial charge in [0.2, 0.25) is 0 Å². The van der Waals surface area contributed by atoms with E-state index < -0.39 is 0 Å². The summed E-state index contributed by atoms with van der Waals surface area (Å²) in [7, 11) is 0. The van der Waals surface area contributed by atoms with Crippen LogP contribution in [0.4, 0.5) is 5.69 Å². The SMILES string of the molecule is CCC(C)Oc1cccc(N2Cc3ccccc3C2=N)c1. The number of nitrogens with one attached hydrogen (secondary N) is 1. The number of amidine groups is 1. The third kappa shape index (κ3) is 2.64. The highest BCUT2D eigenvalue weighted by atomic mass is 16.5. The first kappa shape index (κ1) is 13.7. The van der Waals surface area contributed by atoms with E-state index in [1.807, 2.05) is 47.4 Å². The highest BCUT2D eigenvalue weighted by Gasteiger charge is 2.24. The molecule has 3 rings (SSSR count). The molecule has 1 aliphatic heterocycles.